The van der Waals surface area contributed by atoms with E-state index in [1.54, 1.807) is 19.1 Å². The Morgan fingerprint density at radius 3 is 2.27 bits per heavy atom. The normalized spacial score (nSPS) is 18.6. The molecule has 26 heavy (non-hydrogen) atoms. The Kier molecular flexibility index (Phi) is 4.91. The zero-order valence-corrected chi connectivity index (χ0v) is 15.0. The minimum atomic E-state index is -0.918. The fourth-order valence-electron chi connectivity index (χ4n) is 3.06. The Balaban J connectivity index is 2.29. The van der Waals surface area contributed by atoms with Gasteiger partial charge in [-0.05, 0) is 24.6 Å². The number of hydrogen-bond acceptors (Lipinski definition) is 4. The van der Waals surface area contributed by atoms with Crippen LogP contribution in [0, 0.1) is 0 Å². The van der Waals surface area contributed by atoms with Gasteiger partial charge in [-0.15, -0.1) is 0 Å². The Hall–Kier alpha value is -2.92. The van der Waals surface area contributed by atoms with Crippen molar-refractivity contribution in [2.24, 2.45) is 16.5 Å². The van der Waals surface area contributed by atoms with Crippen LogP contribution in [0.1, 0.15) is 30.0 Å². The number of nitrogens with two attached hydrogens (primary N) is 2. The van der Waals surface area contributed by atoms with Gasteiger partial charge < -0.3 is 11.5 Å². The highest BCUT2D eigenvalue weighted by atomic mass is 35.5. The maximum Gasteiger partial charge on any atom is 0.220 e. The monoisotopic (exact) mass is 367 g/mol. The lowest BCUT2D eigenvalue weighted by Gasteiger charge is -2.12. The molecule has 0 saturated carbocycles. The van der Waals surface area contributed by atoms with Gasteiger partial charge in [0.2, 0.25) is 5.91 Å². The smallest absolute Gasteiger partial charge is 0.220 e. The zero-order valence-electron chi connectivity index (χ0n) is 14.2. The van der Waals surface area contributed by atoms with Crippen LogP contribution in [0.4, 0.5) is 0 Å². The summed E-state index contributed by atoms with van der Waals surface area (Å²) < 4.78 is 0. The standard InChI is InChI=1S/C20H18ClN3O2/c1-11(22)18-14-4-2-3-5-15(14)19(12-6-8-13(21)9-7-12)24-16(20(18)26)10-17(23)25/h2-9,16H,10,22H2,1H3,(H2,23,25). The largest absolute Gasteiger partial charge is 0.402 e. The topological polar surface area (TPSA) is 98.5 Å². The summed E-state index contributed by atoms with van der Waals surface area (Å²) in [7, 11) is 0. The summed E-state index contributed by atoms with van der Waals surface area (Å²) in [6.45, 7) is 1.67. The molecule has 0 spiro atoms. The minimum Gasteiger partial charge on any atom is -0.402 e. The molecule has 4 N–H and O–H groups in total. The van der Waals surface area contributed by atoms with Gasteiger partial charge in [-0.2, -0.15) is 0 Å². The maximum atomic E-state index is 13.0. The minimum absolute atomic E-state index is 0.180. The SMILES string of the molecule is CC(N)=C1C(=O)C(CC(N)=O)N=C(c2ccc(Cl)cc2)c2ccccc21. The van der Waals surface area contributed by atoms with Gasteiger partial charge in [0, 0.05) is 27.4 Å². The van der Waals surface area contributed by atoms with E-state index in [1.807, 2.05) is 36.4 Å². The third-order valence-electron chi connectivity index (χ3n) is 4.19. The van der Waals surface area contributed by atoms with Gasteiger partial charge in [-0.25, -0.2) is 0 Å². The van der Waals surface area contributed by atoms with Crippen LogP contribution < -0.4 is 11.5 Å². The van der Waals surface area contributed by atoms with Gasteiger partial charge in [-0.3, -0.25) is 14.6 Å². The number of fused-ring (bicyclic) bond motifs is 1. The summed E-state index contributed by atoms with van der Waals surface area (Å²) in [4.78, 5) is 29.1. The van der Waals surface area contributed by atoms with Crippen molar-refractivity contribution < 1.29 is 9.59 Å². The van der Waals surface area contributed by atoms with Crippen molar-refractivity contribution in [1.82, 2.24) is 0 Å². The van der Waals surface area contributed by atoms with E-state index in [-0.39, 0.29) is 12.2 Å². The lowest BCUT2D eigenvalue weighted by Crippen LogP contribution is -2.27. The van der Waals surface area contributed by atoms with E-state index in [1.165, 1.54) is 0 Å². The summed E-state index contributed by atoms with van der Waals surface area (Å²) in [6, 6.07) is 13.7. The molecule has 5 nitrogen and oxygen atoms in total. The molecule has 1 aliphatic heterocycles. The number of primary amides is 1. The second-order valence-electron chi connectivity index (χ2n) is 6.14. The molecule has 2 aromatic carbocycles. The van der Waals surface area contributed by atoms with Gasteiger partial charge in [0.25, 0.3) is 0 Å². The molecule has 1 atom stereocenters. The third kappa shape index (κ3) is 3.39. The number of hydrogen-bond donors (Lipinski definition) is 2. The van der Waals surface area contributed by atoms with Crippen LogP contribution in [0.2, 0.25) is 5.02 Å². The number of Topliss-reactive ketones (excluding diaryl/α,β-unsaturated/α-hetero) is 1. The van der Waals surface area contributed by atoms with Gasteiger partial charge in [0.1, 0.15) is 6.04 Å². The van der Waals surface area contributed by atoms with Gasteiger partial charge in [0.15, 0.2) is 5.78 Å². The first-order valence-corrected chi connectivity index (χ1v) is 8.48. The third-order valence-corrected chi connectivity index (χ3v) is 4.44. The van der Waals surface area contributed by atoms with E-state index < -0.39 is 11.9 Å². The van der Waals surface area contributed by atoms with E-state index in [0.717, 1.165) is 11.1 Å². The Morgan fingerprint density at radius 2 is 1.69 bits per heavy atom. The average Bonchev–Trinajstić information content (AvgIpc) is 2.70. The molecule has 2 aromatic rings. The van der Waals surface area contributed by atoms with Gasteiger partial charge >= 0.3 is 0 Å². The summed E-state index contributed by atoms with van der Waals surface area (Å²) >= 11 is 5.99. The number of aliphatic imine (C=N–C) groups is 1. The predicted molar refractivity (Wildman–Crippen MR) is 103 cm³/mol. The zero-order chi connectivity index (χ0) is 18.8. The molecule has 1 aliphatic rings. The molecule has 1 heterocycles. The number of rotatable bonds is 3. The van der Waals surface area contributed by atoms with E-state index in [9.17, 15) is 9.59 Å². The quantitative estimate of drug-likeness (QED) is 0.816. The highest BCUT2D eigenvalue weighted by Gasteiger charge is 2.31. The first kappa shape index (κ1) is 17.9. The van der Waals surface area contributed by atoms with E-state index in [2.05, 4.69) is 4.99 Å². The fourth-order valence-corrected chi connectivity index (χ4v) is 3.19. The van der Waals surface area contributed by atoms with Crippen LogP contribution >= 0.6 is 11.6 Å². The molecule has 0 bridgehead atoms. The number of amides is 1. The van der Waals surface area contributed by atoms with E-state index in [4.69, 9.17) is 23.1 Å². The fraction of sp³-hybridized carbons (Fsp3) is 0.150. The maximum absolute atomic E-state index is 13.0. The molecule has 0 aromatic heterocycles. The van der Waals surface area contributed by atoms with Crippen molar-refractivity contribution in [3.8, 4) is 0 Å². The molecule has 1 amide bonds. The molecule has 0 radical (unpaired) electrons. The molecule has 6 heteroatoms. The Bertz CT molecular complexity index is 942. The number of halogens is 1. The molecule has 132 valence electrons. The van der Waals surface area contributed by atoms with Crippen molar-refractivity contribution in [1.29, 1.82) is 0 Å². The molecule has 0 fully saturated rings. The first-order chi connectivity index (χ1) is 12.4. The number of benzene rings is 2. The summed E-state index contributed by atoms with van der Waals surface area (Å²) in [5, 5.41) is 0.597. The van der Waals surface area contributed by atoms with Crippen molar-refractivity contribution in [2.75, 3.05) is 0 Å². The summed E-state index contributed by atoms with van der Waals surface area (Å²) in [6.07, 6.45) is -0.180. The van der Waals surface area contributed by atoms with Crippen LogP contribution in [-0.2, 0) is 9.59 Å². The Labute approximate surface area is 156 Å². The number of carbonyl (C=O) groups is 2. The van der Waals surface area contributed by atoms with Crippen molar-refractivity contribution >= 4 is 34.6 Å². The average molecular weight is 368 g/mol. The van der Waals surface area contributed by atoms with Crippen LogP contribution in [0.3, 0.4) is 0 Å². The summed E-state index contributed by atoms with van der Waals surface area (Å²) in [5.74, 6) is -0.900. The van der Waals surface area contributed by atoms with Crippen LogP contribution in [0.5, 0.6) is 0 Å². The molecular formula is C20H18ClN3O2. The van der Waals surface area contributed by atoms with Crippen LogP contribution in [0.15, 0.2) is 59.2 Å². The van der Waals surface area contributed by atoms with Gasteiger partial charge in [0.05, 0.1) is 12.1 Å². The number of ketones is 1. The highest BCUT2D eigenvalue weighted by molar-refractivity contribution is 6.32. The first-order valence-electron chi connectivity index (χ1n) is 8.11. The van der Waals surface area contributed by atoms with E-state index >= 15 is 0 Å². The van der Waals surface area contributed by atoms with E-state index in [0.29, 0.717) is 27.6 Å². The lowest BCUT2D eigenvalue weighted by molar-refractivity contribution is -0.122. The number of carbonyl (C=O) groups excluding carboxylic acids is 2. The molecule has 0 saturated heterocycles. The summed E-state index contributed by atoms with van der Waals surface area (Å²) in [5.41, 5.74) is 15.0. The number of allylic oxidation sites excluding steroid dienone is 1. The van der Waals surface area contributed by atoms with Crippen molar-refractivity contribution in [3.63, 3.8) is 0 Å². The van der Waals surface area contributed by atoms with Crippen LogP contribution in [-0.4, -0.2) is 23.4 Å². The van der Waals surface area contributed by atoms with Crippen LogP contribution in [0.25, 0.3) is 5.57 Å². The van der Waals surface area contributed by atoms with Crippen molar-refractivity contribution in [2.45, 2.75) is 19.4 Å². The lowest BCUT2D eigenvalue weighted by atomic mass is 9.90. The van der Waals surface area contributed by atoms with Crippen molar-refractivity contribution in [3.05, 3.63) is 75.9 Å². The predicted octanol–water partition coefficient (Wildman–Crippen LogP) is 2.69. The highest BCUT2D eigenvalue weighted by Crippen LogP contribution is 2.31. The Morgan fingerprint density at radius 1 is 1.08 bits per heavy atom. The molecular weight excluding hydrogens is 350 g/mol. The molecule has 1 unspecified atom stereocenters. The second kappa shape index (κ2) is 7.14. The molecule has 3 rings (SSSR count). The molecule has 0 aliphatic carbocycles. The number of nitrogens with zero attached hydrogens (tertiary/aromatic N) is 1. The van der Waals surface area contributed by atoms with Gasteiger partial charge in [-0.1, -0.05) is 48.0 Å². The second-order valence-corrected chi connectivity index (χ2v) is 6.58.